The lowest BCUT2D eigenvalue weighted by molar-refractivity contribution is 0.257. The SMILES string of the molecule is CCCc1cc(NC)nc(C2COc3ccccc3C2)n1. The number of aryl methyl sites for hydroxylation is 1. The summed E-state index contributed by atoms with van der Waals surface area (Å²) in [6.07, 6.45) is 3.01. The summed E-state index contributed by atoms with van der Waals surface area (Å²) < 4.78 is 5.86. The highest BCUT2D eigenvalue weighted by Crippen LogP contribution is 2.31. The van der Waals surface area contributed by atoms with Crippen LogP contribution in [-0.2, 0) is 12.8 Å². The van der Waals surface area contributed by atoms with Gasteiger partial charge in [0.05, 0.1) is 12.5 Å². The number of nitrogens with zero attached hydrogens (tertiary/aromatic N) is 2. The second-order valence-corrected chi connectivity index (χ2v) is 5.42. The summed E-state index contributed by atoms with van der Waals surface area (Å²) in [6.45, 7) is 2.82. The van der Waals surface area contributed by atoms with E-state index in [9.17, 15) is 0 Å². The Morgan fingerprint density at radius 2 is 2.14 bits per heavy atom. The van der Waals surface area contributed by atoms with Gasteiger partial charge in [-0.25, -0.2) is 9.97 Å². The molecule has 0 saturated heterocycles. The molecular weight excluding hydrogens is 262 g/mol. The number of nitrogens with one attached hydrogen (secondary N) is 1. The fraction of sp³-hybridized carbons (Fsp3) is 0.412. The number of hydrogen-bond acceptors (Lipinski definition) is 4. The number of rotatable bonds is 4. The Morgan fingerprint density at radius 1 is 1.29 bits per heavy atom. The molecule has 0 saturated carbocycles. The molecule has 0 aliphatic carbocycles. The number of fused-ring (bicyclic) bond motifs is 1. The summed E-state index contributed by atoms with van der Waals surface area (Å²) >= 11 is 0. The fourth-order valence-corrected chi connectivity index (χ4v) is 2.71. The first-order chi connectivity index (χ1) is 10.3. The monoisotopic (exact) mass is 283 g/mol. The molecule has 1 aliphatic heterocycles. The van der Waals surface area contributed by atoms with Gasteiger partial charge in [-0.3, -0.25) is 0 Å². The van der Waals surface area contributed by atoms with Crippen molar-refractivity contribution in [3.8, 4) is 5.75 Å². The Morgan fingerprint density at radius 3 is 2.95 bits per heavy atom. The topological polar surface area (TPSA) is 47.0 Å². The van der Waals surface area contributed by atoms with Crippen LogP contribution in [0, 0.1) is 0 Å². The highest BCUT2D eigenvalue weighted by atomic mass is 16.5. The zero-order valence-electron chi connectivity index (χ0n) is 12.6. The molecule has 110 valence electrons. The molecule has 1 atom stereocenters. The van der Waals surface area contributed by atoms with E-state index in [2.05, 4.69) is 29.4 Å². The maximum Gasteiger partial charge on any atom is 0.137 e. The molecule has 2 aromatic rings. The Kier molecular flexibility index (Phi) is 4.04. The highest BCUT2D eigenvalue weighted by Gasteiger charge is 2.24. The maximum atomic E-state index is 5.86. The largest absolute Gasteiger partial charge is 0.493 e. The molecule has 4 nitrogen and oxygen atoms in total. The van der Waals surface area contributed by atoms with E-state index >= 15 is 0 Å². The molecule has 1 aromatic carbocycles. The van der Waals surface area contributed by atoms with Crippen LogP contribution in [-0.4, -0.2) is 23.6 Å². The van der Waals surface area contributed by atoms with Gasteiger partial charge in [0.25, 0.3) is 0 Å². The van der Waals surface area contributed by atoms with Crippen molar-refractivity contribution in [3.63, 3.8) is 0 Å². The van der Waals surface area contributed by atoms with Crippen molar-refractivity contribution in [1.29, 1.82) is 0 Å². The summed E-state index contributed by atoms with van der Waals surface area (Å²) in [5.74, 6) is 3.00. The van der Waals surface area contributed by atoms with E-state index in [1.165, 1.54) is 5.56 Å². The normalized spacial score (nSPS) is 17.0. The predicted molar refractivity (Wildman–Crippen MR) is 84.0 cm³/mol. The summed E-state index contributed by atoms with van der Waals surface area (Å²) in [5.41, 5.74) is 2.34. The van der Waals surface area contributed by atoms with E-state index in [0.29, 0.717) is 6.61 Å². The van der Waals surface area contributed by atoms with Gasteiger partial charge in [-0.2, -0.15) is 0 Å². The minimum Gasteiger partial charge on any atom is -0.493 e. The lowest BCUT2D eigenvalue weighted by Crippen LogP contribution is -2.22. The van der Waals surface area contributed by atoms with Crippen molar-refractivity contribution in [1.82, 2.24) is 9.97 Å². The second kappa shape index (κ2) is 6.12. The molecule has 0 bridgehead atoms. The summed E-state index contributed by atoms with van der Waals surface area (Å²) in [4.78, 5) is 9.37. The summed E-state index contributed by atoms with van der Waals surface area (Å²) in [5, 5.41) is 3.13. The van der Waals surface area contributed by atoms with E-state index in [1.807, 2.05) is 25.2 Å². The molecule has 4 heteroatoms. The van der Waals surface area contributed by atoms with Gasteiger partial charge in [-0.15, -0.1) is 0 Å². The third-order valence-electron chi connectivity index (χ3n) is 3.80. The predicted octanol–water partition coefficient (Wildman–Crippen LogP) is 3.19. The molecule has 1 aromatic heterocycles. The van der Waals surface area contributed by atoms with E-state index in [-0.39, 0.29) is 5.92 Å². The van der Waals surface area contributed by atoms with Crippen molar-refractivity contribution < 1.29 is 4.74 Å². The van der Waals surface area contributed by atoms with Gasteiger partial charge in [0.2, 0.25) is 0 Å². The number of anilines is 1. The molecule has 21 heavy (non-hydrogen) atoms. The molecule has 0 fully saturated rings. The van der Waals surface area contributed by atoms with Gasteiger partial charge in [-0.1, -0.05) is 31.5 Å². The van der Waals surface area contributed by atoms with Crippen molar-refractivity contribution in [2.75, 3.05) is 19.0 Å². The number of ether oxygens (including phenoxy) is 1. The van der Waals surface area contributed by atoms with E-state index in [0.717, 1.165) is 42.3 Å². The number of benzene rings is 1. The van der Waals surface area contributed by atoms with Crippen LogP contribution in [0.1, 0.15) is 36.3 Å². The Hall–Kier alpha value is -2.10. The third-order valence-corrected chi connectivity index (χ3v) is 3.80. The van der Waals surface area contributed by atoms with Crippen LogP contribution in [0.2, 0.25) is 0 Å². The van der Waals surface area contributed by atoms with Crippen molar-refractivity contribution in [2.45, 2.75) is 32.1 Å². The first kappa shape index (κ1) is 13.9. The van der Waals surface area contributed by atoms with Gasteiger partial charge >= 0.3 is 0 Å². The maximum absolute atomic E-state index is 5.86. The van der Waals surface area contributed by atoms with E-state index < -0.39 is 0 Å². The van der Waals surface area contributed by atoms with Crippen molar-refractivity contribution in [2.24, 2.45) is 0 Å². The number of para-hydroxylation sites is 1. The molecule has 0 amide bonds. The van der Waals surface area contributed by atoms with Crippen LogP contribution in [0.3, 0.4) is 0 Å². The molecule has 3 rings (SSSR count). The van der Waals surface area contributed by atoms with E-state index in [1.54, 1.807) is 0 Å². The second-order valence-electron chi connectivity index (χ2n) is 5.42. The summed E-state index contributed by atoms with van der Waals surface area (Å²) in [7, 11) is 1.90. The van der Waals surface area contributed by atoms with Gasteiger partial charge in [0, 0.05) is 18.8 Å². The fourth-order valence-electron chi connectivity index (χ4n) is 2.71. The van der Waals surface area contributed by atoms with Gasteiger partial charge < -0.3 is 10.1 Å². The zero-order chi connectivity index (χ0) is 14.7. The lowest BCUT2D eigenvalue weighted by Gasteiger charge is -2.24. The zero-order valence-corrected chi connectivity index (χ0v) is 12.6. The minimum atomic E-state index is 0.226. The first-order valence-electron chi connectivity index (χ1n) is 7.56. The standard InChI is InChI=1S/C17H21N3O/c1-3-6-14-10-16(18-2)20-17(19-14)13-9-12-7-4-5-8-15(12)21-11-13/h4-5,7-8,10,13H,3,6,9,11H2,1-2H3,(H,18,19,20). The molecule has 1 N–H and O–H groups in total. The number of aromatic nitrogens is 2. The van der Waals surface area contributed by atoms with Gasteiger partial charge in [0.1, 0.15) is 17.4 Å². The van der Waals surface area contributed by atoms with Crippen LogP contribution < -0.4 is 10.1 Å². The molecular formula is C17H21N3O. The summed E-state index contributed by atoms with van der Waals surface area (Å²) in [6, 6.07) is 10.2. The number of hydrogen-bond donors (Lipinski definition) is 1. The van der Waals surface area contributed by atoms with Gasteiger partial charge in [-0.05, 0) is 24.5 Å². The molecule has 1 aliphatic rings. The minimum absolute atomic E-state index is 0.226. The van der Waals surface area contributed by atoms with Crippen molar-refractivity contribution >= 4 is 5.82 Å². The molecule has 2 heterocycles. The molecule has 1 unspecified atom stereocenters. The quantitative estimate of drug-likeness (QED) is 0.936. The Balaban J connectivity index is 1.89. The highest BCUT2D eigenvalue weighted by molar-refractivity contribution is 5.39. The Bertz CT molecular complexity index is 627. The average Bonchev–Trinajstić information content (AvgIpc) is 2.54. The Labute approximate surface area is 125 Å². The molecule has 0 radical (unpaired) electrons. The molecule has 0 spiro atoms. The first-order valence-corrected chi connectivity index (χ1v) is 7.56. The van der Waals surface area contributed by atoms with Crippen LogP contribution in [0.15, 0.2) is 30.3 Å². The van der Waals surface area contributed by atoms with Crippen molar-refractivity contribution in [3.05, 3.63) is 47.4 Å². The average molecular weight is 283 g/mol. The van der Waals surface area contributed by atoms with E-state index in [4.69, 9.17) is 9.72 Å². The third kappa shape index (κ3) is 2.99. The van der Waals surface area contributed by atoms with Crippen LogP contribution >= 0.6 is 0 Å². The lowest BCUT2D eigenvalue weighted by atomic mass is 9.96. The van der Waals surface area contributed by atoms with Gasteiger partial charge in [0.15, 0.2) is 0 Å². The van der Waals surface area contributed by atoms with Crippen LogP contribution in [0.5, 0.6) is 5.75 Å². The smallest absolute Gasteiger partial charge is 0.137 e. The van der Waals surface area contributed by atoms with Crippen LogP contribution in [0.4, 0.5) is 5.82 Å². The van der Waals surface area contributed by atoms with Crippen LogP contribution in [0.25, 0.3) is 0 Å².